The molecule has 0 saturated carbocycles. The molecule has 0 N–H and O–H groups in total. The summed E-state index contributed by atoms with van der Waals surface area (Å²) in [7, 11) is 0. The van der Waals surface area contributed by atoms with Crippen molar-refractivity contribution in [1.82, 2.24) is 0 Å². The fourth-order valence-corrected chi connectivity index (χ4v) is 3.96. The molecule has 1 heterocycles. The number of nitrogens with zero attached hydrogens (tertiary/aromatic N) is 5. The van der Waals surface area contributed by atoms with Crippen LogP contribution >= 0.6 is 0 Å². The molecule has 0 bridgehead atoms. The Morgan fingerprint density at radius 2 is 1.57 bits per heavy atom. The van der Waals surface area contributed by atoms with Gasteiger partial charge in [0.25, 0.3) is 5.91 Å². The average Bonchev–Trinajstić information content (AvgIpc) is 3.23. The average molecular weight is 490 g/mol. The summed E-state index contributed by atoms with van der Waals surface area (Å²) in [5.74, 6) is 0.996. The minimum Gasteiger partial charge on any atom is -0.486 e. The summed E-state index contributed by atoms with van der Waals surface area (Å²) in [6, 6.07) is 29.1. The van der Waals surface area contributed by atoms with Gasteiger partial charge in [0.1, 0.15) is 18.1 Å². The number of aryl methyl sites for hydroxylation is 1. The first-order valence-electron chi connectivity index (χ1n) is 12.1. The van der Waals surface area contributed by atoms with E-state index in [0.29, 0.717) is 43.2 Å². The van der Waals surface area contributed by atoms with Gasteiger partial charge >= 0.3 is 0 Å². The van der Waals surface area contributed by atoms with Crippen LogP contribution < -0.4 is 14.5 Å². The van der Waals surface area contributed by atoms with Gasteiger partial charge in [0.15, 0.2) is 5.84 Å². The molecule has 7 heteroatoms. The lowest BCUT2D eigenvalue weighted by Crippen LogP contribution is -2.35. The number of hydrogen-bond acceptors (Lipinski definition) is 6. The van der Waals surface area contributed by atoms with E-state index in [-0.39, 0.29) is 12.5 Å². The van der Waals surface area contributed by atoms with Crippen molar-refractivity contribution in [3.63, 3.8) is 0 Å². The second kappa shape index (κ2) is 12.2. The summed E-state index contributed by atoms with van der Waals surface area (Å²) in [5.41, 5.74) is 3.91. The Morgan fingerprint density at radius 1 is 0.919 bits per heavy atom. The molecule has 0 fully saturated rings. The molecule has 4 rings (SSSR count). The third-order valence-corrected chi connectivity index (χ3v) is 5.88. The van der Waals surface area contributed by atoms with Crippen LogP contribution in [0, 0.1) is 29.6 Å². The van der Waals surface area contributed by atoms with Crippen molar-refractivity contribution in [2.24, 2.45) is 4.99 Å². The highest BCUT2D eigenvalue weighted by molar-refractivity contribution is 6.29. The van der Waals surface area contributed by atoms with E-state index in [9.17, 15) is 4.79 Å². The molecule has 0 aromatic heterocycles. The van der Waals surface area contributed by atoms with Crippen LogP contribution in [0.2, 0.25) is 0 Å². The van der Waals surface area contributed by atoms with Crippen molar-refractivity contribution in [2.75, 3.05) is 29.5 Å². The van der Waals surface area contributed by atoms with Crippen LogP contribution in [0.5, 0.6) is 5.75 Å². The standard InChI is InChI=1S/C30H27N5O2/c1-23-9-13-26(14-10-23)35-29(22-37-27-7-3-2-4-8-27)33-28(30(35)36)21-24-11-15-25(16-12-24)34(19-5-17-31)20-6-18-32/h2-4,7-16,21H,5-6,19-20,22H2,1H3/b28-21+. The highest BCUT2D eigenvalue weighted by atomic mass is 16.5. The molecule has 1 amide bonds. The number of amidine groups is 1. The summed E-state index contributed by atoms with van der Waals surface area (Å²) >= 11 is 0. The molecule has 7 nitrogen and oxygen atoms in total. The van der Waals surface area contributed by atoms with Crippen molar-refractivity contribution in [3.05, 3.63) is 95.7 Å². The van der Waals surface area contributed by atoms with Crippen molar-refractivity contribution in [1.29, 1.82) is 10.5 Å². The summed E-state index contributed by atoms with van der Waals surface area (Å²) in [4.78, 5) is 21.7. The van der Waals surface area contributed by atoms with Gasteiger partial charge in [0, 0.05) is 18.8 Å². The van der Waals surface area contributed by atoms with Gasteiger partial charge in [-0.3, -0.25) is 9.69 Å². The van der Waals surface area contributed by atoms with E-state index in [2.05, 4.69) is 17.1 Å². The number of hydrogen-bond donors (Lipinski definition) is 0. The number of aliphatic imine (C=N–C) groups is 1. The molecule has 1 aliphatic heterocycles. The number of anilines is 2. The van der Waals surface area contributed by atoms with Gasteiger partial charge < -0.3 is 9.64 Å². The van der Waals surface area contributed by atoms with Crippen LogP contribution in [0.15, 0.2) is 89.6 Å². The lowest BCUT2D eigenvalue weighted by atomic mass is 10.1. The Bertz CT molecular complexity index is 1350. The molecule has 3 aromatic carbocycles. The van der Waals surface area contributed by atoms with E-state index < -0.39 is 0 Å². The molecule has 3 aromatic rings. The van der Waals surface area contributed by atoms with Crippen LogP contribution in [-0.2, 0) is 4.79 Å². The van der Waals surface area contributed by atoms with Crippen LogP contribution in [-0.4, -0.2) is 31.4 Å². The molecule has 0 radical (unpaired) electrons. The van der Waals surface area contributed by atoms with Crippen molar-refractivity contribution in [3.8, 4) is 17.9 Å². The van der Waals surface area contributed by atoms with Gasteiger partial charge in [-0.25, -0.2) is 4.99 Å². The fraction of sp³-hybridized carbons (Fsp3) is 0.200. The highest BCUT2D eigenvalue weighted by Crippen LogP contribution is 2.27. The lowest BCUT2D eigenvalue weighted by molar-refractivity contribution is -0.113. The Balaban J connectivity index is 1.58. The summed E-state index contributed by atoms with van der Waals surface area (Å²) in [5, 5.41) is 17.9. The second-order valence-electron chi connectivity index (χ2n) is 8.53. The third-order valence-electron chi connectivity index (χ3n) is 5.88. The number of carbonyl (C=O) groups is 1. The van der Waals surface area contributed by atoms with E-state index in [1.165, 1.54) is 0 Å². The first kappa shape index (κ1) is 25.2. The van der Waals surface area contributed by atoms with Gasteiger partial charge in [-0.05, 0) is 55.0 Å². The summed E-state index contributed by atoms with van der Waals surface area (Å²) in [6.45, 7) is 3.25. The van der Waals surface area contributed by atoms with Gasteiger partial charge in [-0.2, -0.15) is 10.5 Å². The number of para-hydroxylation sites is 1. The molecular formula is C30H27N5O2. The van der Waals surface area contributed by atoms with E-state index >= 15 is 0 Å². The normalized spacial score (nSPS) is 13.7. The first-order chi connectivity index (χ1) is 18.1. The third kappa shape index (κ3) is 6.42. The molecule has 184 valence electrons. The van der Waals surface area contributed by atoms with E-state index in [0.717, 1.165) is 22.5 Å². The SMILES string of the molecule is Cc1ccc(N2C(=O)/C(=C\c3ccc(N(CCC#N)CCC#N)cc3)N=C2COc2ccccc2)cc1. The summed E-state index contributed by atoms with van der Waals surface area (Å²) < 4.78 is 5.92. The first-order valence-corrected chi connectivity index (χ1v) is 12.1. The Hall–Kier alpha value is -4.88. The number of amides is 1. The van der Waals surface area contributed by atoms with Crippen molar-refractivity contribution >= 4 is 29.2 Å². The fourth-order valence-electron chi connectivity index (χ4n) is 3.96. The van der Waals surface area contributed by atoms with Crippen LogP contribution in [0.1, 0.15) is 24.0 Å². The van der Waals surface area contributed by atoms with E-state index in [1.54, 1.807) is 11.0 Å². The molecule has 1 aliphatic rings. The number of rotatable bonds is 10. The van der Waals surface area contributed by atoms with Gasteiger partial charge in [0.2, 0.25) is 0 Å². The van der Waals surface area contributed by atoms with Gasteiger partial charge in [-0.15, -0.1) is 0 Å². The minimum atomic E-state index is -0.218. The minimum absolute atomic E-state index is 0.145. The molecule has 0 aliphatic carbocycles. The Kier molecular flexibility index (Phi) is 8.31. The quantitative estimate of drug-likeness (QED) is 0.351. The van der Waals surface area contributed by atoms with Crippen LogP contribution in [0.4, 0.5) is 11.4 Å². The molecular weight excluding hydrogens is 462 g/mol. The number of nitriles is 2. The highest BCUT2D eigenvalue weighted by Gasteiger charge is 2.32. The van der Waals surface area contributed by atoms with Gasteiger partial charge in [0.05, 0.1) is 30.7 Å². The maximum atomic E-state index is 13.4. The Morgan fingerprint density at radius 3 is 2.19 bits per heavy atom. The zero-order valence-electron chi connectivity index (χ0n) is 20.7. The largest absolute Gasteiger partial charge is 0.486 e. The van der Waals surface area contributed by atoms with Crippen molar-refractivity contribution in [2.45, 2.75) is 19.8 Å². The predicted octanol–water partition coefficient (Wildman–Crippen LogP) is 5.49. The van der Waals surface area contributed by atoms with Crippen LogP contribution in [0.3, 0.4) is 0 Å². The molecule has 37 heavy (non-hydrogen) atoms. The lowest BCUT2D eigenvalue weighted by Gasteiger charge is -2.22. The van der Waals surface area contributed by atoms with Crippen molar-refractivity contribution < 1.29 is 9.53 Å². The Labute approximate surface area is 217 Å². The van der Waals surface area contributed by atoms with E-state index in [4.69, 9.17) is 15.3 Å². The number of ether oxygens (including phenoxy) is 1. The summed E-state index contributed by atoms with van der Waals surface area (Å²) in [6.07, 6.45) is 2.52. The monoisotopic (exact) mass is 489 g/mol. The maximum Gasteiger partial charge on any atom is 0.282 e. The van der Waals surface area contributed by atoms with Gasteiger partial charge in [-0.1, -0.05) is 48.0 Å². The molecule has 0 atom stereocenters. The molecule has 0 unspecified atom stereocenters. The predicted molar refractivity (Wildman–Crippen MR) is 145 cm³/mol. The molecule has 0 saturated heterocycles. The number of benzene rings is 3. The zero-order chi connectivity index (χ0) is 26.0. The zero-order valence-corrected chi connectivity index (χ0v) is 20.7. The van der Waals surface area contributed by atoms with E-state index in [1.807, 2.05) is 90.7 Å². The topological polar surface area (TPSA) is 92.7 Å². The maximum absolute atomic E-state index is 13.4. The van der Waals surface area contributed by atoms with Crippen LogP contribution in [0.25, 0.3) is 6.08 Å². The number of carbonyl (C=O) groups excluding carboxylic acids is 1. The smallest absolute Gasteiger partial charge is 0.282 e. The molecule has 0 spiro atoms. The second-order valence-corrected chi connectivity index (χ2v) is 8.53.